The van der Waals surface area contributed by atoms with E-state index in [4.69, 9.17) is 4.74 Å². The molecule has 1 amide bonds. The molecule has 0 aliphatic carbocycles. The third-order valence-corrected chi connectivity index (χ3v) is 7.32. The summed E-state index contributed by atoms with van der Waals surface area (Å²) < 4.78 is 33.7. The van der Waals surface area contributed by atoms with Crippen LogP contribution in [-0.4, -0.2) is 38.8 Å². The molecule has 1 fully saturated rings. The average molecular weight is 481 g/mol. The van der Waals surface area contributed by atoms with Crippen molar-refractivity contribution in [3.63, 3.8) is 0 Å². The number of halogens is 1. The lowest BCUT2D eigenvalue weighted by molar-refractivity contribution is -0.116. The molecule has 1 aliphatic rings. The van der Waals surface area contributed by atoms with Crippen LogP contribution in [0, 0.1) is 0 Å². The number of sulfonamides is 1. The molecule has 1 saturated heterocycles. The minimum Gasteiger partial charge on any atom is -0.496 e. The number of anilines is 1. The number of rotatable bonds is 7. The van der Waals surface area contributed by atoms with Crippen molar-refractivity contribution in [1.29, 1.82) is 0 Å². The van der Waals surface area contributed by atoms with Crippen molar-refractivity contribution in [1.82, 2.24) is 4.31 Å². The highest BCUT2D eigenvalue weighted by atomic mass is 79.9. The van der Waals surface area contributed by atoms with Gasteiger partial charge in [-0.05, 0) is 61.2 Å². The number of benzene rings is 2. The number of methoxy groups -OCH3 is 1. The van der Waals surface area contributed by atoms with Gasteiger partial charge in [0.25, 0.3) is 0 Å². The van der Waals surface area contributed by atoms with Gasteiger partial charge in [0.1, 0.15) is 5.75 Å². The van der Waals surface area contributed by atoms with Crippen LogP contribution >= 0.6 is 15.9 Å². The minimum atomic E-state index is -3.53. The number of carbonyl (C=O) groups is 1. The summed E-state index contributed by atoms with van der Waals surface area (Å²) in [6.07, 6.45) is 3.44. The van der Waals surface area contributed by atoms with Gasteiger partial charge in [-0.25, -0.2) is 8.42 Å². The monoisotopic (exact) mass is 480 g/mol. The molecule has 156 valence electrons. The first-order valence-corrected chi connectivity index (χ1v) is 11.9. The molecule has 0 spiro atoms. The molecule has 0 unspecified atom stereocenters. The predicted molar refractivity (Wildman–Crippen MR) is 117 cm³/mol. The fraction of sp³-hybridized carbons (Fsp3) is 0.381. The van der Waals surface area contributed by atoms with Crippen molar-refractivity contribution in [2.75, 3.05) is 25.5 Å². The summed E-state index contributed by atoms with van der Waals surface area (Å²) in [5, 5.41) is 2.85. The summed E-state index contributed by atoms with van der Waals surface area (Å²) in [4.78, 5) is 12.6. The number of aryl methyl sites for hydroxylation is 1. The summed E-state index contributed by atoms with van der Waals surface area (Å²) in [6, 6.07) is 12.2. The molecule has 1 aliphatic heterocycles. The van der Waals surface area contributed by atoms with Crippen LogP contribution in [0.5, 0.6) is 5.75 Å². The van der Waals surface area contributed by atoms with Gasteiger partial charge in [-0.3, -0.25) is 4.79 Å². The number of hydrogen-bond donors (Lipinski definition) is 1. The van der Waals surface area contributed by atoms with Gasteiger partial charge in [0.15, 0.2) is 0 Å². The van der Waals surface area contributed by atoms with Crippen molar-refractivity contribution in [2.24, 2.45) is 0 Å². The minimum absolute atomic E-state index is 0.144. The van der Waals surface area contributed by atoms with Crippen molar-refractivity contribution in [3.05, 3.63) is 52.5 Å². The van der Waals surface area contributed by atoms with Gasteiger partial charge in [-0.15, -0.1) is 0 Å². The van der Waals surface area contributed by atoms with E-state index in [0.717, 1.165) is 23.7 Å². The van der Waals surface area contributed by atoms with Crippen LogP contribution in [0.4, 0.5) is 5.69 Å². The maximum absolute atomic E-state index is 13.0. The molecule has 2 aromatic carbocycles. The number of piperidine rings is 1. The van der Waals surface area contributed by atoms with Crippen molar-refractivity contribution in [2.45, 2.75) is 37.0 Å². The molecule has 0 atom stereocenters. The predicted octanol–water partition coefficient (Wildman–Crippen LogP) is 4.20. The molecule has 1 heterocycles. The molecular weight excluding hydrogens is 456 g/mol. The third kappa shape index (κ3) is 5.58. The van der Waals surface area contributed by atoms with Crippen LogP contribution in [0.25, 0.3) is 0 Å². The highest BCUT2D eigenvalue weighted by Gasteiger charge is 2.26. The summed E-state index contributed by atoms with van der Waals surface area (Å²) in [5.41, 5.74) is 1.41. The zero-order valence-corrected chi connectivity index (χ0v) is 18.8. The quantitative estimate of drug-likeness (QED) is 0.643. The molecule has 0 saturated carbocycles. The van der Waals surface area contributed by atoms with Gasteiger partial charge in [0.2, 0.25) is 15.9 Å². The second kappa shape index (κ2) is 9.73. The van der Waals surface area contributed by atoms with Gasteiger partial charge in [0.05, 0.1) is 12.0 Å². The van der Waals surface area contributed by atoms with Crippen LogP contribution < -0.4 is 10.1 Å². The topological polar surface area (TPSA) is 75.7 Å². The standard InChI is InChI=1S/C21H25BrN2O4S/c1-28-20-10-9-19(29(26,27)24-12-3-2-4-13-24)14-16(20)8-11-21(25)23-18-7-5-6-17(22)15-18/h5-7,9-10,14-15H,2-4,8,11-13H2,1H3,(H,23,25). The first-order valence-electron chi connectivity index (χ1n) is 9.62. The average Bonchev–Trinajstić information content (AvgIpc) is 2.72. The second-order valence-corrected chi connectivity index (χ2v) is 9.85. The molecule has 2 aromatic rings. The summed E-state index contributed by atoms with van der Waals surface area (Å²) in [5.74, 6) is 0.437. The van der Waals surface area contributed by atoms with Gasteiger partial charge >= 0.3 is 0 Å². The Morgan fingerprint density at radius 2 is 1.90 bits per heavy atom. The molecule has 0 bridgehead atoms. The maximum atomic E-state index is 13.0. The number of ether oxygens (including phenoxy) is 1. The smallest absolute Gasteiger partial charge is 0.243 e. The van der Waals surface area contributed by atoms with Crippen molar-refractivity contribution < 1.29 is 17.9 Å². The van der Waals surface area contributed by atoms with Crippen molar-refractivity contribution in [3.8, 4) is 5.75 Å². The Bertz CT molecular complexity index is 972. The van der Waals surface area contributed by atoms with Crippen LogP contribution in [0.3, 0.4) is 0 Å². The van der Waals surface area contributed by atoms with E-state index in [0.29, 0.717) is 36.5 Å². The molecular formula is C21H25BrN2O4S. The highest BCUT2D eigenvalue weighted by molar-refractivity contribution is 9.10. The summed E-state index contributed by atoms with van der Waals surface area (Å²) in [7, 11) is -1.99. The van der Waals surface area contributed by atoms with Gasteiger partial charge in [-0.2, -0.15) is 4.31 Å². The molecule has 0 aromatic heterocycles. The Morgan fingerprint density at radius 3 is 2.59 bits per heavy atom. The highest BCUT2D eigenvalue weighted by Crippen LogP contribution is 2.27. The number of amides is 1. The van der Waals surface area contributed by atoms with Crippen molar-refractivity contribution >= 4 is 37.5 Å². The number of hydrogen-bond acceptors (Lipinski definition) is 4. The van der Waals surface area contributed by atoms with Gasteiger partial charge in [-0.1, -0.05) is 28.4 Å². The van der Waals surface area contributed by atoms with E-state index < -0.39 is 10.0 Å². The zero-order chi connectivity index (χ0) is 20.9. The summed E-state index contributed by atoms with van der Waals surface area (Å²) >= 11 is 3.38. The van der Waals surface area contributed by atoms with E-state index in [1.807, 2.05) is 24.3 Å². The molecule has 6 nitrogen and oxygen atoms in total. The first kappa shape index (κ1) is 21.8. The maximum Gasteiger partial charge on any atom is 0.243 e. The van der Waals surface area contributed by atoms with Gasteiger partial charge in [0, 0.05) is 29.7 Å². The Morgan fingerprint density at radius 1 is 1.14 bits per heavy atom. The lowest BCUT2D eigenvalue weighted by Gasteiger charge is -2.26. The van der Waals surface area contributed by atoms with E-state index in [2.05, 4.69) is 21.2 Å². The number of nitrogens with one attached hydrogen (secondary N) is 1. The molecule has 3 rings (SSSR count). The van der Waals surface area contributed by atoms with Crippen LogP contribution in [0.1, 0.15) is 31.2 Å². The fourth-order valence-corrected chi connectivity index (χ4v) is 5.37. The normalized spacial score (nSPS) is 15.1. The van der Waals surface area contributed by atoms with E-state index in [1.165, 1.54) is 0 Å². The lowest BCUT2D eigenvalue weighted by Crippen LogP contribution is -2.35. The van der Waals surface area contributed by atoms with Crippen LogP contribution in [0.2, 0.25) is 0 Å². The Kier molecular flexibility index (Phi) is 7.32. The number of carbonyl (C=O) groups excluding carboxylic acids is 1. The molecule has 29 heavy (non-hydrogen) atoms. The Labute approximate surface area is 180 Å². The third-order valence-electron chi connectivity index (χ3n) is 4.93. The Hall–Kier alpha value is -1.90. The lowest BCUT2D eigenvalue weighted by atomic mass is 10.1. The van der Waals surface area contributed by atoms with E-state index in [-0.39, 0.29) is 17.2 Å². The SMILES string of the molecule is COc1ccc(S(=O)(=O)N2CCCCC2)cc1CCC(=O)Nc1cccc(Br)c1. The number of nitrogens with zero attached hydrogens (tertiary/aromatic N) is 1. The zero-order valence-electron chi connectivity index (χ0n) is 16.4. The fourth-order valence-electron chi connectivity index (χ4n) is 3.40. The van der Waals surface area contributed by atoms with Crippen LogP contribution in [0.15, 0.2) is 51.8 Å². The largest absolute Gasteiger partial charge is 0.496 e. The Balaban J connectivity index is 1.72. The van der Waals surface area contributed by atoms with E-state index in [1.54, 1.807) is 29.6 Å². The van der Waals surface area contributed by atoms with E-state index in [9.17, 15) is 13.2 Å². The molecule has 8 heteroatoms. The van der Waals surface area contributed by atoms with E-state index >= 15 is 0 Å². The first-order chi connectivity index (χ1) is 13.9. The molecule has 0 radical (unpaired) electrons. The second-order valence-electron chi connectivity index (χ2n) is 7.00. The molecule has 1 N–H and O–H groups in total. The summed E-state index contributed by atoms with van der Waals surface area (Å²) in [6.45, 7) is 1.11. The van der Waals surface area contributed by atoms with Gasteiger partial charge < -0.3 is 10.1 Å². The van der Waals surface area contributed by atoms with Crippen LogP contribution in [-0.2, 0) is 21.2 Å².